The Morgan fingerprint density at radius 1 is 1.32 bits per heavy atom. The third-order valence-corrected chi connectivity index (χ3v) is 3.81. The Kier molecular flexibility index (Phi) is 3.95. The highest BCUT2D eigenvalue weighted by Crippen LogP contribution is 2.32. The van der Waals surface area contributed by atoms with Crippen molar-refractivity contribution in [1.29, 1.82) is 0 Å². The molecule has 2 nitrogen and oxygen atoms in total. The zero-order valence-electron chi connectivity index (χ0n) is 12.0. The molecule has 0 spiro atoms. The van der Waals surface area contributed by atoms with Crippen LogP contribution in [0.25, 0.3) is 0 Å². The summed E-state index contributed by atoms with van der Waals surface area (Å²) in [5, 5.41) is 0. The van der Waals surface area contributed by atoms with Gasteiger partial charge in [-0.25, -0.2) is 4.39 Å². The second kappa shape index (κ2) is 5.33. The fraction of sp³-hybridized carbons (Fsp3) is 0.500. The van der Waals surface area contributed by atoms with Gasteiger partial charge in [0.15, 0.2) is 0 Å². The van der Waals surface area contributed by atoms with E-state index in [1.165, 1.54) is 11.6 Å². The van der Waals surface area contributed by atoms with E-state index in [4.69, 9.17) is 5.73 Å². The standard InChI is InChI=1S/C16H23FN2/c1-16(2,3)12-7-9-19(10-8-12)15-6-4-5-14(17)13(15)11-18/h4-7H,8-11,18H2,1-3H3. The average Bonchev–Trinajstić information content (AvgIpc) is 2.37. The van der Waals surface area contributed by atoms with Crippen molar-refractivity contribution in [2.75, 3.05) is 18.0 Å². The lowest BCUT2D eigenvalue weighted by Crippen LogP contribution is -2.32. The number of hydrogen-bond donors (Lipinski definition) is 1. The van der Waals surface area contributed by atoms with Crippen LogP contribution < -0.4 is 10.6 Å². The number of nitrogens with zero attached hydrogens (tertiary/aromatic N) is 1. The third-order valence-electron chi connectivity index (χ3n) is 3.81. The van der Waals surface area contributed by atoms with Gasteiger partial charge >= 0.3 is 0 Å². The molecule has 0 unspecified atom stereocenters. The minimum atomic E-state index is -0.203. The Morgan fingerprint density at radius 3 is 2.58 bits per heavy atom. The van der Waals surface area contributed by atoms with Gasteiger partial charge in [-0.2, -0.15) is 0 Å². The van der Waals surface area contributed by atoms with Crippen LogP contribution >= 0.6 is 0 Å². The van der Waals surface area contributed by atoms with Crippen LogP contribution in [0, 0.1) is 11.2 Å². The van der Waals surface area contributed by atoms with Crippen LogP contribution in [0.15, 0.2) is 29.8 Å². The Balaban J connectivity index is 2.23. The van der Waals surface area contributed by atoms with Crippen LogP contribution in [0.5, 0.6) is 0 Å². The van der Waals surface area contributed by atoms with Crippen molar-refractivity contribution in [3.8, 4) is 0 Å². The van der Waals surface area contributed by atoms with Crippen molar-refractivity contribution < 1.29 is 4.39 Å². The molecule has 1 aliphatic rings. The second-order valence-electron chi connectivity index (χ2n) is 6.12. The normalized spacial score (nSPS) is 16.5. The summed E-state index contributed by atoms with van der Waals surface area (Å²) in [5.41, 5.74) is 8.94. The van der Waals surface area contributed by atoms with E-state index >= 15 is 0 Å². The predicted octanol–water partition coefficient (Wildman–Crippen LogP) is 3.47. The molecule has 0 bridgehead atoms. The molecule has 0 radical (unpaired) electrons. The predicted molar refractivity (Wildman–Crippen MR) is 78.7 cm³/mol. The molecule has 0 atom stereocenters. The molecule has 1 aromatic rings. The van der Waals surface area contributed by atoms with E-state index in [0.717, 1.165) is 25.2 Å². The molecule has 2 rings (SSSR count). The van der Waals surface area contributed by atoms with Gasteiger partial charge in [0.05, 0.1) is 0 Å². The summed E-state index contributed by atoms with van der Waals surface area (Å²) in [7, 11) is 0. The van der Waals surface area contributed by atoms with E-state index in [2.05, 4.69) is 31.7 Å². The van der Waals surface area contributed by atoms with Gasteiger partial charge in [-0.05, 0) is 24.0 Å². The van der Waals surface area contributed by atoms with E-state index in [1.54, 1.807) is 6.07 Å². The van der Waals surface area contributed by atoms with Gasteiger partial charge in [0, 0.05) is 30.9 Å². The summed E-state index contributed by atoms with van der Waals surface area (Å²) in [4.78, 5) is 2.21. The lowest BCUT2D eigenvalue weighted by molar-refractivity contribution is 0.472. The second-order valence-corrected chi connectivity index (χ2v) is 6.12. The van der Waals surface area contributed by atoms with Gasteiger partial charge in [-0.3, -0.25) is 0 Å². The van der Waals surface area contributed by atoms with Gasteiger partial charge < -0.3 is 10.6 Å². The molecule has 0 amide bonds. The van der Waals surface area contributed by atoms with E-state index < -0.39 is 0 Å². The van der Waals surface area contributed by atoms with Gasteiger partial charge in [0.2, 0.25) is 0 Å². The number of anilines is 1. The van der Waals surface area contributed by atoms with Crippen molar-refractivity contribution in [1.82, 2.24) is 0 Å². The number of benzene rings is 1. The zero-order chi connectivity index (χ0) is 14.0. The lowest BCUT2D eigenvalue weighted by atomic mass is 9.83. The monoisotopic (exact) mass is 262 g/mol. The van der Waals surface area contributed by atoms with Crippen molar-refractivity contribution in [2.24, 2.45) is 11.1 Å². The topological polar surface area (TPSA) is 29.3 Å². The zero-order valence-corrected chi connectivity index (χ0v) is 12.0. The molecule has 3 heteroatoms. The lowest BCUT2D eigenvalue weighted by Gasteiger charge is -2.34. The minimum Gasteiger partial charge on any atom is -0.367 e. The Hall–Kier alpha value is -1.35. The Morgan fingerprint density at radius 2 is 2.05 bits per heavy atom. The maximum absolute atomic E-state index is 13.7. The molecular weight excluding hydrogens is 239 g/mol. The summed E-state index contributed by atoms with van der Waals surface area (Å²) < 4.78 is 13.7. The first-order valence-electron chi connectivity index (χ1n) is 6.85. The highest BCUT2D eigenvalue weighted by Gasteiger charge is 2.22. The summed E-state index contributed by atoms with van der Waals surface area (Å²) in [6.45, 7) is 8.73. The van der Waals surface area contributed by atoms with Gasteiger partial charge in [0.1, 0.15) is 5.82 Å². The minimum absolute atomic E-state index is 0.203. The quantitative estimate of drug-likeness (QED) is 0.827. The molecule has 1 aromatic carbocycles. The first-order valence-corrected chi connectivity index (χ1v) is 6.85. The summed E-state index contributed by atoms with van der Waals surface area (Å²) in [6, 6.07) is 5.19. The van der Waals surface area contributed by atoms with Crippen molar-refractivity contribution in [3.05, 3.63) is 41.2 Å². The molecule has 0 saturated heterocycles. The van der Waals surface area contributed by atoms with Gasteiger partial charge in [-0.15, -0.1) is 0 Å². The van der Waals surface area contributed by atoms with Crippen LogP contribution in [0.4, 0.5) is 10.1 Å². The van der Waals surface area contributed by atoms with E-state index in [1.807, 2.05) is 6.07 Å². The number of nitrogens with two attached hydrogens (primary N) is 1. The number of halogens is 1. The van der Waals surface area contributed by atoms with Crippen LogP contribution in [0.1, 0.15) is 32.8 Å². The molecule has 2 N–H and O–H groups in total. The Bertz CT molecular complexity index is 486. The number of hydrogen-bond acceptors (Lipinski definition) is 2. The van der Waals surface area contributed by atoms with Crippen molar-refractivity contribution in [2.45, 2.75) is 33.7 Å². The molecule has 0 aliphatic carbocycles. The molecule has 0 aromatic heterocycles. The summed E-state index contributed by atoms with van der Waals surface area (Å²) in [6.07, 6.45) is 3.30. The molecule has 19 heavy (non-hydrogen) atoms. The maximum Gasteiger partial charge on any atom is 0.129 e. The highest BCUT2D eigenvalue weighted by atomic mass is 19.1. The van der Waals surface area contributed by atoms with Crippen molar-refractivity contribution in [3.63, 3.8) is 0 Å². The van der Waals surface area contributed by atoms with Crippen LogP contribution in [-0.2, 0) is 6.54 Å². The molecule has 104 valence electrons. The average molecular weight is 262 g/mol. The third kappa shape index (κ3) is 2.98. The molecule has 0 fully saturated rings. The fourth-order valence-electron chi connectivity index (χ4n) is 2.61. The van der Waals surface area contributed by atoms with Crippen molar-refractivity contribution >= 4 is 5.69 Å². The SMILES string of the molecule is CC(C)(C)C1=CCN(c2cccc(F)c2CN)CC1. The summed E-state index contributed by atoms with van der Waals surface area (Å²) >= 11 is 0. The molecule has 1 aliphatic heterocycles. The first-order chi connectivity index (χ1) is 8.93. The fourth-order valence-corrected chi connectivity index (χ4v) is 2.61. The largest absolute Gasteiger partial charge is 0.367 e. The van der Waals surface area contributed by atoms with E-state index in [-0.39, 0.29) is 17.8 Å². The van der Waals surface area contributed by atoms with E-state index in [9.17, 15) is 4.39 Å². The van der Waals surface area contributed by atoms with Gasteiger partial charge in [0.25, 0.3) is 0 Å². The maximum atomic E-state index is 13.7. The van der Waals surface area contributed by atoms with Crippen LogP contribution in [-0.4, -0.2) is 13.1 Å². The summed E-state index contributed by atoms with van der Waals surface area (Å²) in [5.74, 6) is -0.203. The van der Waals surface area contributed by atoms with E-state index in [0.29, 0.717) is 5.56 Å². The smallest absolute Gasteiger partial charge is 0.129 e. The molecular formula is C16H23FN2. The van der Waals surface area contributed by atoms with Crippen LogP contribution in [0.3, 0.4) is 0 Å². The van der Waals surface area contributed by atoms with Gasteiger partial charge in [-0.1, -0.05) is 38.5 Å². The Labute approximate surface area is 115 Å². The highest BCUT2D eigenvalue weighted by molar-refractivity contribution is 5.55. The molecule has 1 heterocycles. The first kappa shape index (κ1) is 14.1. The number of rotatable bonds is 2. The van der Waals surface area contributed by atoms with Crippen LogP contribution in [0.2, 0.25) is 0 Å². The molecule has 0 saturated carbocycles.